The van der Waals surface area contributed by atoms with Crippen LogP contribution < -0.4 is 16.2 Å². The van der Waals surface area contributed by atoms with Crippen molar-refractivity contribution in [3.8, 4) is 16.9 Å². The molecular weight excluding hydrogens is 329 g/mol. The zero-order valence-electron chi connectivity index (χ0n) is 14.6. The van der Waals surface area contributed by atoms with E-state index in [4.69, 9.17) is 16.2 Å². The topological polar surface area (TPSA) is 74.2 Å². The molecule has 2 unspecified atom stereocenters. The second-order valence-electron chi connectivity index (χ2n) is 6.12. The summed E-state index contributed by atoms with van der Waals surface area (Å²) < 4.78 is 18.7. The van der Waals surface area contributed by atoms with Gasteiger partial charge in [-0.25, -0.2) is 4.39 Å². The number of pyridine rings is 1. The van der Waals surface area contributed by atoms with E-state index >= 15 is 0 Å². The van der Waals surface area contributed by atoms with Crippen molar-refractivity contribution in [1.82, 2.24) is 4.98 Å². The van der Waals surface area contributed by atoms with Crippen LogP contribution in [0.5, 0.6) is 5.75 Å². The van der Waals surface area contributed by atoms with Gasteiger partial charge < -0.3 is 16.2 Å². The second-order valence-corrected chi connectivity index (χ2v) is 6.12. The number of benzene rings is 2. The molecule has 5 heteroatoms. The monoisotopic (exact) mass is 351 g/mol. The molecule has 0 bridgehead atoms. The molecule has 0 saturated heterocycles. The summed E-state index contributed by atoms with van der Waals surface area (Å²) in [6, 6.07) is 16.3. The molecule has 0 amide bonds. The molecule has 1 aromatic heterocycles. The van der Waals surface area contributed by atoms with Gasteiger partial charge >= 0.3 is 0 Å². The first-order valence-corrected chi connectivity index (χ1v) is 8.43. The van der Waals surface area contributed by atoms with Crippen LogP contribution in [0, 0.1) is 5.82 Å². The normalized spacial score (nSPS) is 13.2. The first kappa shape index (κ1) is 18.0. The minimum atomic E-state index is -0.325. The van der Waals surface area contributed by atoms with Crippen LogP contribution in [0.3, 0.4) is 0 Å². The fraction of sp³-hybridized carbons (Fsp3) is 0.190. The van der Waals surface area contributed by atoms with Gasteiger partial charge in [0.15, 0.2) is 0 Å². The van der Waals surface area contributed by atoms with E-state index in [-0.39, 0.29) is 17.8 Å². The number of hydrogen-bond acceptors (Lipinski definition) is 4. The summed E-state index contributed by atoms with van der Waals surface area (Å²) in [6.07, 6.45) is 3.51. The van der Waals surface area contributed by atoms with Gasteiger partial charge in [-0.2, -0.15) is 0 Å². The van der Waals surface area contributed by atoms with Crippen molar-refractivity contribution < 1.29 is 9.13 Å². The Morgan fingerprint density at radius 3 is 2.27 bits per heavy atom. The lowest BCUT2D eigenvalue weighted by Gasteiger charge is -2.24. The Hall–Kier alpha value is -2.76. The van der Waals surface area contributed by atoms with Crippen LogP contribution >= 0.6 is 0 Å². The number of methoxy groups -OCH3 is 1. The van der Waals surface area contributed by atoms with E-state index in [1.54, 1.807) is 18.5 Å². The van der Waals surface area contributed by atoms with Crippen molar-refractivity contribution in [2.75, 3.05) is 13.7 Å². The Morgan fingerprint density at radius 2 is 1.65 bits per heavy atom. The molecule has 3 aromatic rings. The summed E-state index contributed by atoms with van der Waals surface area (Å²) in [6.45, 7) is 0.376. The van der Waals surface area contributed by atoms with Crippen molar-refractivity contribution >= 4 is 0 Å². The van der Waals surface area contributed by atoms with Gasteiger partial charge in [0.25, 0.3) is 0 Å². The van der Waals surface area contributed by atoms with E-state index in [2.05, 4.69) is 4.98 Å². The maximum atomic E-state index is 13.4. The third-order valence-corrected chi connectivity index (χ3v) is 4.51. The van der Waals surface area contributed by atoms with Crippen molar-refractivity contribution in [1.29, 1.82) is 0 Å². The summed E-state index contributed by atoms with van der Waals surface area (Å²) in [4.78, 5) is 4.07. The van der Waals surface area contributed by atoms with Crippen LogP contribution in [-0.4, -0.2) is 24.7 Å². The molecule has 0 aliphatic carbocycles. The number of halogens is 1. The van der Waals surface area contributed by atoms with E-state index in [9.17, 15) is 4.39 Å². The molecule has 2 atom stereocenters. The molecule has 134 valence electrons. The van der Waals surface area contributed by atoms with Gasteiger partial charge in [0.1, 0.15) is 11.6 Å². The highest BCUT2D eigenvalue weighted by atomic mass is 19.1. The third-order valence-electron chi connectivity index (χ3n) is 4.51. The van der Waals surface area contributed by atoms with Gasteiger partial charge in [0.05, 0.1) is 7.11 Å². The zero-order chi connectivity index (χ0) is 18.5. The van der Waals surface area contributed by atoms with Crippen molar-refractivity contribution in [3.63, 3.8) is 0 Å². The maximum Gasteiger partial charge on any atom is 0.129 e. The lowest BCUT2D eigenvalue weighted by molar-refractivity contribution is 0.413. The minimum absolute atomic E-state index is 0.0211. The van der Waals surface area contributed by atoms with Crippen LogP contribution in [0.4, 0.5) is 4.39 Å². The van der Waals surface area contributed by atoms with Gasteiger partial charge in [0, 0.05) is 42.5 Å². The number of ether oxygens (including phenoxy) is 1. The minimum Gasteiger partial charge on any atom is -0.496 e. The number of nitrogens with zero attached hydrogens (tertiary/aromatic N) is 1. The average Bonchev–Trinajstić information content (AvgIpc) is 2.69. The number of rotatable bonds is 6. The fourth-order valence-corrected chi connectivity index (χ4v) is 3.17. The van der Waals surface area contributed by atoms with Gasteiger partial charge in [-0.15, -0.1) is 0 Å². The Morgan fingerprint density at radius 1 is 1.00 bits per heavy atom. The summed E-state index contributed by atoms with van der Waals surface area (Å²) in [5, 5.41) is 0. The summed E-state index contributed by atoms with van der Waals surface area (Å²) in [5.41, 5.74) is 16.0. The lowest BCUT2D eigenvalue weighted by atomic mass is 9.85. The zero-order valence-corrected chi connectivity index (χ0v) is 14.6. The van der Waals surface area contributed by atoms with E-state index < -0.39 is 0 Å². The molecular formula is C21H22FN3O. The van der Waals surface area contributed by atoms with E-state index in [0.29, 0.717) is 12.3 Å². The average molecular weight is 351 g/mol. The number of aromatic nitrogens is 1. The molecule has 4 N–H and O–H groups in total. The largest absolute Gasteiger partial charge is 0.496 e. The van der Waals surface area contributed by atoms with Crippen molar-refractivity contribution in [2.45, 2.75) is 12.0 Å². The van der Waals surface area contributed by atoms with Gasteiger partial charge in [-0.3, -0.25) is 4.98 Å². The molecule has 0 aliphatic rings. The first-order valence-electron chi connectivity index (χ1n) is 8.43. The molecule has 2 aromatic carbocycles. The molecule has 0 saturated carbocycles. The van der Waals surface area contributed by atoms with Crippen LogP contribution in [0.25, 0.3) is 11.1 Å². The predicted molar refractivity (Wildman–Crippen MR) is 101 cm³/mol. The van der Waals surface area contributed by atoms with Crippen LogP contribution in [0.1, 0.15) is 17.0 Å². The lowest BCUT2D eigenvalue weighted by Crippen LogP contribution is -2.36. The SMILES string of the molecule is COc1cc(F)ccc1-c1ccc(C(c2ccncc2)C(N)CN)cc1. The Kier molecular flexibility index (Phi) is 5.61. The quantitative estimate of drug-likeness (QED) is 0.714. The third kappa shape index (κ3) is 3.74. The van der Waals surface area contributed by atoms with Gasteiger partial charge in [-0.05, 0) is 41.0 Å². The van der Waals surface area contributed by atoms with E-state index in [1.165, 1.54) is 19.2 Å². The molecule has 0 aliphatic heterocycles. The van der Waals surface area contributed by atoms with E-state index in [1.807, 2.05) is 36.4 Å². The van der Waals surface area contributed by atoms with E-state index in [0.717, 1.165) is 22.3 Å². The Balaban J connectivity index is 1.97. The molecule has 4 nitrogen and oxygen atoms in total. The molecule has 1 heterocycles. The molecule has 26 heavy (non-hydrogen) atoms. The summed E-state index contributed by atoms with van der Waals surface area (Å²) >= 11 is 0. The highest BCUT2D eigenvalue weighted by molar-refractivity contribution is 5.70. The van der Waals surface area contributed by atoms with Crippen molar-refractivity contribution in [3.05, 3.63) is 83.9 Å². The second kappa shape index (κ2) is 8.08. The number of nitrogens with two attached hydrogens (primary N) is 2. The standard InChI is InChI=1S/C21H22FN3O/c1-26-20-12-17(22)6-7-18(20)14-2-4-15(5-3-14)21(19(24)13-23)16-8-10-25-11-9-16/h2-12,19,21H,13,23-24H2,1H3. The number of hydrogen-bond donors (Lipinski definition) is 2. The summed E-state index contributed by atoms with van der Waals surface area (Å²) in [5.74, 6) is 0.156. The van der Waals surface area contributed by atoms with Gasteiger partial charge in [0.2, 0.25) is 0 Å². The molecule has 3 rings (SSSR count). The van der Waals surface area contributed by atoms with Gasteiger partial charge in [-0.1, -0.05) is 24.3 Å². The maximum absolute atomic E-state index is 13.4. The highest BCUT2D eigenvalue weighted by Gasteiger charge is 2.21. The fourth-order valence-electron chi connectivity index (χ4n) is 3.17. The summed E-state index contributed by atoms with van der Waals surface area (Å²) in [7, 11) is 1.53. The van der Waals surface area contributed by atoms with Crippen LogP contribution in [0.2, 0.25) is 0 Å². The highest BCUT2D eigenvalue weighted by Crippen LogP contribution is 2.33. The molecule has 0 fully saturated rings. The van der Waals surface area contributed by atoms with Crippen LogP contribution in [-0.2, 0) is 0 Å². The van der Waals surface area contributed by atoms with Crippen molar-refractivity contribution in [2.24, 2.45) is 11.5 Å². The van der Waals surface area contributed by atoms with Crippen LogP contribution in [0.15, 0.2) is 67.0 Å². The Bertz CT molecular complexity index is 853. The smallest absolute Gasteiger partial charge is 0.129 e. The molecule has 0 spiro atoms. The molecule has 0 radical (unpaired) electrons. The Labute approximate surface area is 152 Å². The first-order chi connectivity index (χ1) is 12.6. The predicted octanol–water partition coefficient (Wildman–Crippen LogP) is 3.31.